The Hall–Kier alpha value is -1.35. The van der Waals surface area contributed by atoms with Gasteiger partial charge in [-0.3, -0.25) is 4.79 Å². The van der Waals surface area contributed by atoms with Crippen molar-refractivity contribution in [1.82, 2.24) is 4.98 Å². The molecule has 0 N–H and O–H groups in total. The predicted molar refractivity (Wildman–Crippen MR) is 66.4 cm³/mol. The van der Waals surface area contributed by atoms with Crippen LogP contribution in [0.15, 0.2) is 23.9 Å². The highest BCUT2D eigenvalue weighted by Gasteiger charge is 2.14. The van der Waals surface area contributed by atoms with Gasteiger partial charge in [0.25, 0.3) is 0 Å². The summed E-state index contributed by atoms with van der Waals surface area (Å²) >= 11 is 5.91. The fourth-order valence-electron chi connectivity index (χ4n) is 1.74. The van der Waals surface area contributed by atoms with Gasteiger partial charge in [0.1, 0.15) is 6.61 Å². The summed E-state index contributed by atoms with van der Waals surface area (Å²) in [5.41, 5.74) is 1.72. The average Bonchev–Trinajstić information content (AvgIpc) is 2.32. The van der Waals surface area contributed by atoms with E-state index in [1.807, 2.05) is 19.1 Å². The molecule has 1 heterocycles. The van der Waals surface area contributed by atoms with E-state index in [0.717, 1.165) is 24.0 Å². The fourth-order valence-corrected chi connectivity index (χ4v) is 1.89. The van der Waals surface area contributed by atoms with Gasteiger partial charge >= 0.3 is 0 Å². The molecule has 0 fully saturated rings. The Morgan fingerprint density at radius 1 is 1.53 bits per heavy atom. The molecule has 0 saturated carbocycles. The highest BCUT2D eigenvalue weighted by Crippen LogP contribution is 2.24. The third-order valence-corrected chi connectivity index (χ3v) is 2.97. The van der Waals surface area contributed by atoms with Gasteiger partial charge in [-0.15, -0.1) is 0 Å². The first kappa shape index (κ1) is 12.1. The fraction of sp³-hybridized carbons (Fsp3) is 0.385. The van der Waals surface area contributed by atoms with E-state index in [1.165, 1.54) is 0 Å². The number of carbonyl (C=O) groups excluding carboxylic acids is 1. The minimum Gasteiger partial charge on any atom is -0.486 e. The second kappa shape index (κ2) is 5.32. The molecule has 4 heteroatoms. The lowest BCUT2D eigenvalue weighted by molar-refractivity contribution is -0.116. The van der Waals surface area contributed by atoms with Gasteiger partial charge in [0, 0.05) is 18.2 Å². The zero-order valence-corrected chi connectivity index (χ0v) is 10.5. The summed E-state index contributed by atoms with van der Waals surface area (Å²) in [4.78, 5) is 15.6. The van der Waals surface area contributed by atoms with Crippen molar-refractivity contribution in [3.05, 3.63) is 34.6 Å². The summed E-state index contributed by atoms with van der Waals surface area (Å²) in [7, 11) is 0. The van der Waals surface area contributed by atoms with Crippen LogP contribution in [0.1, 0.15) is 24.8 Å². The molecular weight excluding hydrogens is 238 g/mol. The smallest absolute Gasteiger partial charge is 0.171 e. The molecular formula is C13H14ClNO2. The topological polar surface area (TPSA) is 39.2 Å². The van der Waals surface area contributed by atoms with Crippen LogP contribution in [0.3, 0.4) is 0 Å². The summed E-state index contributed by atoms with van der Waals surface area (Å²) in [5.74, 6) is 0.707. The van der Waals surface area contributed by atoms with Gasteiger partial charge in [-0.05, 0) is 31.4 Å². The molecule has 0 bridgehead atoms. The molecule has 0 saturated heterocycles. The molecule has 90 valence electrons. The van der Waals surface area contributed by atoms with Crippen LogP contribution in [0, 0.1) is 6.92 Å². The van der Waals surface area contributed by atoms with Gasteiger partial charge in [0.15, 0.2) is 16.7 Å². The lowest BCUT2D eigenvalue weighted by atomic mass is 9.99. The van der Waals surface area contributed by atoms with Crippen LogP contribution in [0.2, 0.25) is 5.15 Å². The molecule has 0 aromatic carbocycles. The highest BCUT2D eigenvalue weighted by molar-refractivity contribution is 6.30. The first-order valence-electron chi connectivity index (χ1n) is 5.64. The first-order valence-corrected chi connectivity index (χ1v) is 6.02. The van der Waals surface area contributed by atoms with Crippen LogP contribution in [0.5, 0.6) is 5.75 Å². The van der Waals surface area contributed by atoms with E-state index in [0.29, 0.717) is 17.3 Å². The van der Waals surface area contributed by atoms with Crippen molar-refractivity contribution < 1.29 is 9.53 Å². The number of hydrogen-bond donors (Lipinski definition) is 0. The van der Waals surface area contributed by atoms with E-state index < -0.39 is 0 Å². The quantitative estimate of drug-likeness (QED) is 0.775. The highest BCUT2D eigenvalue weighted by atomic mass is 35.5. The van der Waals surface area contributed by atoms with Crippen LogP contribution < -0.4 is 4.74 Å². The van der Waals surface area contributed by atoms with E-state index in [2.05, 4.69) is 4.98 Å². The molecule has 0 amide bonds. The number of aryl methyl sites for hydroxylation is 1. The number of ketones is 1. The predicted octanol–water partition coefficient (Wildman–Crippen LogP) is 3.10. The van der Waals surface area contributed by atoms with Gasteiger partial charge in [0.2, 0.25) is 0 Å². The van der Waals surface area contributed by atoms with Crippen molar-refractivity contribution >= 4 is 17.4 Å². The Balaban J connectivity index is 2.04. The lowest BCUT2D eigenvalue weighted by Gasteiger charge is -2.13. The first-order chi connectivity index (χ1) is 8.16. The van der Waals surface area contributed by atoms with Crippen LogP contribution in [-0.2, 0) is 4.79 Å². The Kier molecular flexibility index (Phi) is 3.79. The molecule has 0 spiro atoms. The second-order valence-electron chi connectivity index (χ2n) is 4.14. The number of halogens is 1. The largest absolute Gasteiger partial charge is 0.486 e. The number of hydrogen-bond acceptors (Lipinski definition) is 3. The average molecular weight is 252 g/mol. The van der Waals surface area contributed by atoms with Gasteiger partial charge in [-0.1, -0.05) is 17.7 Å². The molecule has 1 aliphatic carbocycles. The Labute approximate surface area is 105 Å². The molecule has 1 aliphatic rings. The van der Waals surface area contributed by atoms with Crippen molar-refractivity contribution in [3.63, 3.8) is 0 Å². The summed E-state index contributed by atoms with van der Waals surface area (Å²) < 4.78 is 5.54. The molecule has 2 rings (SSSR count). The zero-order valence-electron chi connectivity index (χ0n) is 9.70. The van der Waals surface area contributed by atoms with Gasteiger partial charge in [-0.25, -0.2) is 4.98 Å². The number of Topliss-reactive ketones (excluding diaryl/α,β-unsaturated/α-hetero) is 1. The maximum Gasteiger partial charge on any atom is 0.171 e. The molecule has 17 heavy (non-hydrogen) atoms. The van der Waals surface area contributed by atoms with Crippen molar-refractivity contribution in [2.24, 2.45) is 0 Å². The molecule has 3 nitrogen and oxygen atoms in total. The van der Waals surface area contributed by atoms with Gasteiger partial charge < -0.3 is 4.74 Å². The summed E-state index contributed by atoms with van der Waals surface area (Å²) in [5, 5.41) is 0.333. The summed E-state index contributed by atoms with van der Waals surface area (Å²) in [6, 6.07) is 1.82. The Bertz CT molecular complexity index is 468. The van der Waals surface area contributed by atoms with Crippen LogP contribution in [0.25, 0.3) is 0 Å². The monoisotopic (exact) mass is 251 g/mol. The van der Waals surface area contributed by atoms with E-state index in [1.54, 1.807) is 6.20 Å². The summed E-state index contributed by atoms with van der Waals surface area (Å²) in [6.07, 6.45) is 6.14. The molecule has 0 atom stereocenters. The number of nitrogens with zero attached hydrogens (tertiary/aromatic N) is 1. The number of allylic oxidation sites excluding steroid dienone is 1. The number of ether oxygens (including phenoxy) is 1. The molecule has 1 aromatic rings. The van der Waals surface area contributed by atoms with E-state index in [4.69, 9.17) is 16.3 Å². The number of aromatic nitrogens is 1. The van der Waals surface area contributed by atoms with Crippen molar-refractivity contribution in [2.45, 2.75) is 26.2 Å². The van der Waals surface area contributed by atoms with E-state index in [9.17, 15) is 4.79 Å². The Morgan fingerprint density at radius 3 is 3.12 bits per heavy atom. The maximum absolute atomic E-state index is 11.6. The minimum absolute atomic E-state index is 0.174. The number of pyridine rings is 1. The lowest BCUT2D eigenvalue weighted by Crippen LogP contribution is -2.14. The normalized spacial score (nSPS) is 15.6. The van der Waals surface area contributed by atoms with E-state index >= 15 is 0 Å². The summed E-state index contributed by atoms with van der Waals surface area (Å²) in [6.45, 7) is 2.20. The molecule has 1 aromatic heterocycles. The van der Waals surface area contributed by atoms with Crippen molar-refractivity contribution in [3.8, 4) is 5.75 Å². The van der Waals surface area contributed by atoms with Gasteiger partial charge in [0.05, 0.1) is 0 Å². The minimum atomic E-state index is 0.174. The standard InChI is InChI=1S/C13H14ClNO2/c1-9-6-12(13(14)15-7-9)17-8-10-4-2-3-5-11(10)16/h4,6-7H,2-3,5,8H2,1H3. The Morgan fingerprint density at radius 2 is 2.35 bits per heavy atom. The zero-order chi connectivity index (χ0) is 12.3. The van der Waals surface area contributed by atoms with Crippen molar-refractivity contribution in [2.75, 3.05) is 6.61 Å². The molecule has 0 radical (unpaired) electrons. The van der Waals surface area contributed by atoms with Crippen molar-refractivity contribution in [1.29, 1.82) is 0 Å². The van der Waals surface area contributed by atoms with Crippen LogP contribution in [-0.4, -0.2) is 17.4 Å². The molecule has 0 unspecified atom stereocenters. The number of rotatable bonds is 3. The third-order valence-electron chi connectivity index (χ3n) is 2.68. The maximum atomic E-state index is 11.6. The van der Waals surface area contributed by atoms with Crippen LogP contribution >= 0.6 is 11.6 Å². The second-order valence-corrected chi connectivity index (χ2v) is 4.49. The number of carbonyl (C=O) groups is 1. The SMILES string of the molecule is Cc1cnc(Cl)c(OCC2=CCCCC2=O)c1. The molecule has 0 aliphatic heterocycles. The van der Waals surface area contributed by atoms with Crippen LogP contribution in [0.4, 0.5) is 0 Å². The third kappa shape index (κ3) is 3.07. The van der Waals surface area contributed by atoms with Gasteiger partial charge in [-0.2, -0.15) is 0 Å². The van der Waals surface area contributed by atoms with E-state index in [-0.39, 0.29) is 12.4 Å².